The Morgan fingerprint density at radius 1 is 1.27 bits per heavy atom. The van der Waals surface area contributed by atoms with Crippen LogP contribution >= 0.6 is 11.6 Å². The maximum Gasteiger partial charge on any atom is 0.322 e. The molecule has 0 unspecified atom stereocenters. The summed E-state index contributed by atoms with van der Waals surface area (Å²) in [5, 5.41) is 15.3. The van der Waals surface area contributed by atoms with Crippen molar-refractivity contribution in [3.8, 4) is 0 Å². The maximum atomic E-state index is 10.7. The van der Waals surface area contributed by atoms with Crippen LogP contribution in [0.3, 0.4) is 0 Å². The monoisotopic (exact) mass is 318 g/mol. The molecule has 1 heterocycles. The minimum Gasteiger partial charge on any atom is -0.480 e. The molecule has 1 aromatic heterocycles. The van der Waals surface area contributed by atoms with Gasteiger partial charge in [-0.25, -0.2) is 4.98 Å². The van der Waals surface area contributed by atoms with Gasteiger partial charge in [-0.3, -0.25) is 4.79 Å². The number of rotatable bonds is 6. The summed E-state index contributed by atoms with van der Waals surface area (Å²) in [4.78, 5) is 19.3. The molecule has 0 atom stereocenters. The largest absolute Gasteiger partial charge is 0.480 e. The normalized spacial score (nSPS) is 13.7. The van der Waals surface area contributed by atoms with E-state index in [1.807, 2.05) is 18.2 Å². The molecule has 1 fully saturated rings. The van der Waals surface area contributed by atoms with E-state index in [0.717, 1.165) is 24.2 Å². The van der Waals surface area contributed by atoms with Gasteiger partial charge in [-0.2, -0.15) is 4.98 Å². The van der Waals surface area contributed by atoms with Crippen LogP contribution in [0.4, 0.5) is 17.5 Å². The first-order valence-electron chi connectivity index (χ1n) is 6.97. The Morgan fingerprint density at radius 3 is 2.64 bits per heavy atom. The highest BCUT2D eigenvalue weighted by Crippen LogP contribution is 2.40. The zero-order chi connectivity index (χ0) is 15.5. The zero-order valence-electron chi connectivity index (χ0n) is 11.7. The number of benzene rings is 1. The van der Waals surface area contributed by atoms with Gasteiger partial charge in [-0.1, -0.05) is 11.6 Å². The SMILES string of the molecule is O=C(O)CNc1nc(Nc2ccc(Cl)cc2)cc(C2CC2)n1. The van der Waals surface area contributed by atoms with Gasteiger partial charge in [0.2, 0.25) is 5.95 Å². The van der Waals surface area contributed by atoms with Crippen molar-refractivity contribution in [2.45, 2.75) is 18.8 Å². The lowest BCUT2D eigenvalue weighted by molar-refractivity contribution is -0.134. The highest BCUT2D eigenvalue weighted by Gasteiger charge is 2.26. The number of hydrogen-bond acceptors (Lipinski definition) is 5. The summed E-state index contributed by atoms with van der Waals surface area (Å²) in [5.74, 6) is 0.446. The molecule has 1 saturated carbocycles. The molecule has 0 spiro atoms. The maximum absolute atomic E-state index is 10.7. The number of carbonyl (C=O) groups is 1. The Morgan fingerprint density at radius 2 is 2.00 bits per heavy atom. The molecule has 1 aliphatic rings. The summed E-state index contributed by atoms with van der Waals surface area (Å²) >= 11 is 5.87. The lowest BCUT2D eigenvalue weighted by atomic mass is 10.2. The molecular formula is C15H15ClN4O2. The predicted molar refractivity (Wildman–Crippen MR) is 84.9 cm³/mol. The Hall–Kier alpha value is -2.34. The smallest absolute Gasteiger partial charge is 0.322 e. The third-order valence-corrected chi connectivity index (χ3v) is 3.51. The molecule has 1 aliphatic carbocycles. The number of aliphatic carboxylic acids is 1. The summed E-state index contributed by atoms with van der Waals surface area (Å²) in [5.41, 5.74) is 1.79. The predicted octanol–water partition coefficient (Wildman–Crippen LogP) is 3.25. The first-order chi connectivity index (χ1) is 10.6. The van der Waals surface area contributed by atoms with Gasteiger partial charge in [0, 0.05) is 22.7 Å². The van der Waals surface area contributed by atoms with Gasteiger partial charge >= 0.3 is 5.97 Å². The molecule has 0 saturated heterocycles. The van der Waals surface area contributed by atoms with Crippen LogP contribution < -0.4 is 10.6 Å². The van der Waals surface area contributed by atoms with Gasteiger partial charge in [0.1, 0.15) is 12.4 Å². The number of halogens is 1. The minimum absolute atomic E-state index is 0.214. The molecule has 0 bridgehead atoms. The van der Waals surface area contributed by atoms with E-state index in [9.17, 15) is 4.79 Å². The Balaban J connectivity index is 1.82. The minimum atomic E-state index is -0.951. The van der Waals surface area contributed by atoms with Crippen molar-refractivity contribution >= 4 is 35.0 Å². The number of carboxylic acids is 1. The third kappa shape index (κ3) is 3.85. The number of carboxylic acid groups (broad SMARTS) is 1. The van der Waals surface area contributed by atoms with Crippen molar-refractivity contribution in [1.29, 1.82) is 0 Å². The van der Waals surface area contributed by atoms with Crippen LogP contribution in [0.5, 0.6) is 0 Å². The number of hydrogen-bond donors (Lipinski definition) is 3. The first-order valence-corrected chi connectivity index (χ1v) is 7.35. The highest BCUT2D eigenvalue weighted by molar-refractivity contribution is 6.30. The summed E-state index contributed by atoms with van der Waals surface area (Å²) < 4.78 is 0. The van der Waals surface area contributed by atoms with E-state index in [-0.39, 0.29) is 6.54 Å². The standard InChI is InChI=1S/C15H15ClN4O2/c16-10-3-5-11(6-4-10)18-13-7-12(9-1-2-9)19-15(20-13)17-8-14(21)22/h3-7,9H,1-2,8H2,(H,21,22)(H2,17,18,19,20). The number of aromatic nitrogens is 2. The Bertz CT molecular complexity index is 686. The van der Waals surface area contributed by atoms with Gasteiger partial charge < -0.3 is 15.7 Å². The van der Waals surface area contributed by atoms with E-state index in [4.69, 9.17) is 16.7 Å². The summed E-state index contributed by atoms with van der Waals surface area (Å²) in [7, 11) is 0. The van der Waals surface area contributed by atoms with Crippen LogP contribution in [0, 0.1) is 0 Å². The third-order valence-electron chi connectivity index (χ3n) is 3.26. The van der Waals surface area contributed by atoms with Crippen LogP contribution in [-0.2, 0) is 4.79 Å². The number of nitrogens with zero attached hydrogens (tertiary/aromatic N) is 2. The van der Waals surface area contributed by atoms with E-state index in [1.165, 1.54) is 0 Å². The average molecular weight is 319 g/mol. The van der Waals surface area contributed by atoms with E-state index in [1.54, 1.807) is 12.1 Å². The molecule has 7 heteroatoms. The first kappa shape index (κ1) is 14.6. The van der Waals surface area contributed by atoms with Gasteiger partial charge in [0.05, 0.1) is 5.69 Å². The number of nitrogens with one attached hydrogen (secondary N) is 2. The highest BCUT2D eigenvalue weighted by atomic mass is 35.5. The second-order valence-corrected chi connectivity index (χ2v) is 5.59. The number of anilines is 3. The molecule has 3 N–H and O–H groups in total. The van der Waals surface area contributed by atoms with Crippen molar-refractivity contribution < 1.29 is 9.90 Å². The fraction of sp³-hybridized carbons (Fsp3) is 0.267. The van der Waals surface area contributed by atoms with Gasteiger partial charge in [-0.05, 0) is 37.1 Å². The molecule has 0 radical (unpaired) electrons. The molecule has 2 aromatic rings. The van der Waals surface area contributed by atoms with E-state index < -0.39 is 5.97 Å². The van der Waals surface area contributed by atoms with E-state index in [2.05, 4.69) is 20.6 Å². The van der Waals surface area contributed by atoms with Gasteiger partial charge in [-0.15, -0.1) is 0 Å². The van der Waals surface area contributed by atoms with Crippen molar-refractivity contribution in [3.05, 3.63) is 41.0 Å². The van der Waals surface area contributed by atoms with Crippen LogP contribution in [0.2, 0.25) is 5.02 Å². The quantitative estimate of drug-likeness (QED) is 0.758. The summed E-state index contributed by atoms with van der Waals surface area (Å²) in [6, 6.07) is 9.18. The molecule has 22 heavy (non-hydrogen) atoms. The van der Waals surface area contributed by atoms with Crippen molar-refractivity contribution in [1.82, 2.24) is 9.97 Å². The summed E-state index contributed by atoms with van der Waals surface area (Å²) in [6.45, 7) is -0.214. The van der Waals surface area contributed by atoms with E-state index >= 15 is 0 Å². The van der Waals surface area contributed by atoms with Crippen LogP contribution in [0.25, 0.3) is 0 Å². The second-order valence-electron chi connectivity index (χ2n) is 5.16. The van der Waals surface area contributed by atoms with Gasteiger partial charge in [0.25, 0.3) is 0 Å². The summed E-state index contributed by atoms with van der Waals surface area (Å²) in [6.07, 6.45) is 2.21. The zero-order valence-corrected chi connectivity index (χ0v) is 12.5. The molecule has 3 rings (SSSR count). The van der Waals surface area contributed by atoms with E-state index in [0.29, 0.717) is 22.7 Å². The Labute approximate surface area is 132 Å². The molecule has 6 nitrogen and oxygen atoms in total. The topological polar surface area (TPSA) is 87.1 Å². The fourth-order valence-electron chi connectivity index (χ4n) is 2.03. The molecule has 114 valence electrons. The molecule has 1 aromatic carbocycles. The van der Waals surface area contributed by atoms with Crippen molar-refractivity contribution in [2.24, 2.45) is 0 Å². The van der Waals surface area contributed by atoms with Gasteiger partial charge in [0.15, 0.2) is 0 Å². The van der Waals surface area contributed by atoms with Crippen molar-refractivity contribution in [2.75, 3.05) is 17.2 Å². The average Bonchev–Trinajstić information content (AvgIpc) is 3.32. The van der Waals surface area contributed by atoms with Crippen LogP contribution in [0.15, 0.2) is 30.3 Å². The fourth-order valence-corrected chi connectivity index (χ4v) is 2.16. The Kier molecular flexibility index (Phi) is 4.11. The molecular weight excluding hydrogens is 304 g/mol. The van der Waals surface area contributed by atoms with Crippen molar-refractivity contribution in [3.63, 3.8) is 0 Å². The van der Waals surface area contributed by atoms with Crippen LogP contribution in [-0.4, -0.2) is 27.6 Å². The van der Waals surface area contributed by atoms with Crippen LogP contribution in [0.1, 0.15) is 24.5 Å². The molecule has 0 amide bonds. The lowest BCUT2D eigenvalue weighted by Gasteiger charge is -2.10. The lowest BCUT2D eigenvalue weighted by Crippen LogP contribution is -2.15. The second kappa shape index (κ2) is 6.19. The molecule has 0 aliphatic heterocycles.